The van der Waals surface area contributed by atoms with Crippen molar-refractivity contribution in [3.05, 3.63) is 18.7 Å². The van der Waals surface area contributed by atoms with E-state index in [1.165, 1.54) is 16.4 Å². The van der Waals surface area contributed by atoms with Crippen LogP contribution >= 0.6 is 0 Å². The summed E-state index contributed by atoms with van der Waals surface area (Å²) in [7, 11) is -3.10. The second-order valence-corrected chi connectivity index (χ2v) is 4.22. The minimum atomic E-state index is -3.10. The van der Waals surface area contributed by atoms with Crippen LogP contribution in [0, 0.1) is 0 Å². The highest BCUT2D eigenvalue weighted by atomic mass is 32.2. The van der Waals surface area contributed by atoms with Crippen molar-refractivity contribution in [1.82, 2.24) is 3.97 Å². The van der Waals surface area contributed by atoms with Crippen molar-refractivity contribution in [2.45, 2.75) is 13.5 Å². The summed E-state index contributed by atoms with van der Waals surface area (Å²) >= 11 is 0. The first kappa shape index (κ1) is 8.26. The summed E-state index contributed by atoms with van der Waals surface area (Å²) in [6.07, 6.45) is 5.97. The molecule has 0 amide bonds. The van der Waals surface area contributed by atoms with Gasteiger partial charge in [0, 0.05) is 0 Å². The predicted octanol–water partition coefficient (Wildman–Crippen LogP) is -0.397. The SMILES string of the molecule is CC[n+]1ccn(S(C)(=O)=O)c1. The highest BCUT2D eigenvalue weighted by Crippen LogP contribution is 1.89. The number of hydrogen-bond donors (Lipinski definition) is 0. The molecule has 0 spiro atoms. The lowest BCUT2D eigenvalue weighted by Crippen LogP contribution is -2.29. The van der Waals surface area contributed by atoms with Gasteiger partial charge in [0.1, 0.15) is 12.4 Å². The molecule has 0 atom stereocenters. The van der Waals surface area contributed by atoms with Crippen molar-refractivity contribution >= 4 is 10.0 Å². The van der Waals surface area contributed by atoms with Gasteiger partial charge in [-0.2, -0.15) is 8.42 Å². The topological polar surface area (TPSA) is 43.0 Å². The number of aryl methyl sites for hydroxylation is 1. The Balaban J connectivity index is 3.09. The van der Waals surface area contributed by atoms with E-state index in [9.17, 15) is 8.42 Å². The highest BCUT2D eigenvalue weighted by Gasteiger charge is 2.11. The average molecular weight is 175 g/mol. The Bertz CT molecular complexity index is 339. The molecular formula is C6H11N2O2S+. The van der Waals surface area contributed by atoms with Gasteiger partial charge < -0.3 is 0 Å². The zero-order valence-corrected chi connectivity index (χ0v) is 7.37. The first-order valence-electron chi connectivity index (χ1n) is 3.31. The van der Waals surface area contributed by atoms with Gasteiger partial charge in [-0.25, -0.2) is 4.57 Å². The third kappa shape index (κ3) is 1.80. The average Bonchev–Trinajstić information content (AvgIpc) is 2.32. The van der Waals surface area contributed by atoms with Gasteiger partial charge in [-0.05, 0) is 6.92 Å². The Morgan fingerprint density at radius 2 is 2.18 bits per heavy atom. The van der Waals surface area contributed by atoms with E-state index < -0.39 is 10.0 Å². The summed E-state index contributed by atoms with van der Waals surface area (Å²) < 4.78 is 24.8. The number of aromatic nitrogens is 2. The Morgan fingerprint density at radius 1 is 1.55 bits per heavy atom. The van der Waals surface area contributed by atoms with E-state index in [1.54, 1.807) is 17.1 Å². The zero-order chi connectivity index (χ0) is 8.48. The maximum atomic E-state index is 10.9. The summed E-state index contributed by atoms with van der Waals surface area (Å²) in [4.78, 5) is 0. The van der Waals surface area contributed by atoms with Gasteiger partial charge in [-0.3, -0.25) is 0 Å². The number of imidazole rings is 1. The summed E-state index contributed by atoms with van der Waals surface area (Å²) in [5, 5.41) is 0. The fourth-order valence-electron chi connectivity index (χ4n) is 0.758. The molecule has 0 unspecified atom stereocenters. The van der Waals surface area contributed by atoms with Gasteiger partial charge in [0.2, 0.25) is 0 Å². The maximum absolute atomic E-state index is 10.9. The fourth-order valence-corrected chi connectivity index (χ4v) is 1.33. The molecule has 0 radical (unpaired) electrons. The van der Waals surface area contributed by atoms with Crippen LogP contribution in [0.4, 0.5) is 0 Å². The fraction of sp³-hybridized carbons (Fsp3) is 0.500. The summed E-state index contributed by atoms with van der Waals surface area (Å²) in [5.74, 6) is 0. The lowest BCUT2D eigenvalue weighted by molar-refractivity contribution is -0.692. The molecule has 5 heteroatoms. The third-order valence-corrected chi connectivity index (χ3v) is 2.40. The summed E-state index contributed by atoms with van der Waals surface area (Å²) in [6.45, 7) is 2.73. The minimum Gasteiger partial charge on any atom is -0.236 e. The molecular weight excluding hydrogens is 164 g/mol. The highest BCUT2D eigenvalue weighted by molar-refractivity contribution is 7.89. The van der Waals surface area contributed by atoms with Crippen LogP contribution in [0.3, 0.4) is 0 Å². The van der Waals surface area contributed by atoms with E-state index in [-0.39, 0.29) is 0 Å². The Morgan fingerprint density at radius 3 is 2.45 bits per heavy atom. The van der Waals surface area contributed by atoms with E-state index >= 15 is 0 Å². The van der Waals surface area contributed by atoms with Gasteiger partial charge >= 0.3 is 10.0 Å². The van der Waals surface area contributed by atoms with Crippen LogP contribution in [0.1, 0.15) is 6.92 Å². The normalized spacial score (nSPS) is 11.8. The lowest BCUT2D eigenvalue weighted by Gasteiger charge is -1.87. The largest absolute Gasteiger partial charge is 0.301 e. The Labute approximate surface area is 66.1 Å². The van der Waals surface area contributed by atoms with Gasteiger partial charge in [0.15, 0.2) is 0 Å². The van der Waals surface area contributed by atoms with E-state index in [2.05, 4.69) is 0 Å². The van der Waals surface area contributed by atoms with Crippen LogP contribution in [0.5, 0.6) is 0 Å². The molecule has 4 nitrogen and oxygen atoms in total. The van der Waals surface area contributed by atoms with Crippen molar-refractivity contribution in [3.63, 3.8) is 0 Å². The van der Waals surface area contributed by atoms with Gasteiger partial charge in [0.25, 0.3) is 6.33 Å². The van der Waals surface area contributed by atoms with E-state index in [0.29, 0.717) is 0 Å². The van der Waals surface area contributed by atoms with Gasteiger partial charge in [0.05, 0.1) is 12.8 Å². The number of rotatable bonds is 2. The molecule has 0 aromatic carbocycles. The molecule has 11 heavy (non-hydrogen) atoms. The van der Waals surface area contributed by atoms with Crippen molar-refractivity contribution in [3.8, 4) is 0 Å². The van der Waals surface area contributed by atoms with Gasteiger partial charge in [-0.15, -0.1) is 3.97 Å². The monoisotopic (exact) mass is 175 g/mol. The molecule has 0 bridgehead atoms. The molecule has 0 aliphatic rings. The first-order valence-corrected chi connectivity index (χ1v) is 5.16. The quantitative estimate of drug-likeness (QED) is 0.574. The van der Waals surface area contributed by atoms with E-state index in [1.807, 2.05) is 6.92 Å². The van der Waals surface area contributed by atoms with Crippen LogP contribution in [-0.2, 0) is 16.6 Å². The summed E-state index contributed by atoms with van der Waals surface area (Å²) in [5.41, 5.74) is 0. The number of nitrogens with zero attached hydrogens (tertiary/aromatic N) is 2. The third-order valence-electron chi connectivity index (χ3n) is 1.42. The van der Waals surface area contributed by atoms with Crippen LogP contribution in [-0.4, -0.2) is 18.6 Å². The zero-order valence-electron chi connectivity index (χ0n) is 6.56. The first-order chi connectivity index (χ1) is 5.04. The molecule has 0 aliphatic carbocycles. The van der Waals surface area contributed by atoms with E-state index in [4.69, 9.17) is 0 Å². The Kier molecular flexibility index (Phi) is 1.99. The molecule has 0 saturated heterocycles. The van der Waals surface area contributed by atoms with Crippen LogP contribution in [0.2, 0.25) is 0 Å². The summed E-state index contributed by atoms with van der Waals surface area (Å²) in [6, 6.07) is 0. The molecule has 0 saturated carbocycles. The second kappa shape index (κ2) is 2.65. The maximum Gasteiger partial charge on any atom is 0.301 e. The molecule has 0 aliphatic heterocycles. The smallest absolute Gasteiger partial charge is 0.236 e. The van der Waals surface area contributed by atoms with Gasteiger partial charge in [-0.1, -0.05) is 0 Å². The van der Waals surface area contributed by atoms with Crippen molar-refractivity contribution in [2.24, 2.45) is 0 Å². The minimum absolute atomic E-state index is 0.780. The van der Waals surface area contributed by atoms with Crippen molar-refractivity contribution < 1.29 is 13.0 Å². The Hall–Kier alpha value is -0.840. The van der Waals surface area contributed by atoms with Crippen molar-refractivity contribution in [1.29, 1.82) is 0 Å². The molecule has 1 heterocycles. The van der Waals surface area contributed by atoms with Crippen LogP contribution in [0.15, 0.2) is 18.7 Å². The molecule has 1 aromatic heterocycles. The van der Waals surface area contributed by atoms with Crippen molar-refractivity contribution in [2.75, 3.05) is 6.26 Å². The molecule has 0 fully saturated rings. The molecule has 0 N–H and O–H groups in total. The molecule has 1 rings (SSSR count). The number of hydrogen-bond acceptors (Lipinski definition) is 2. The van der Waals surface area contributed by atoms with E-state index in [0.717, 1.165) is 6.54 Å². The predicted molar refractivity (Wildman–Crippen MR) is 40.5 cm³/mol. The lowest BCUT2D eigenvalue weighted by atomic mass is 10.7. The second-order valence-electron chi connectivity index (χ2n) is 2.34. The van der Waals surface area contributed by atoms with Crippen LogP contribution in [0.25, 0.3) is 0 Å². The molecule has 1 aromatic rings. The standard InChI is InChI=1S/C6H11N2O2S/c1-3-7-4-5-8(6-7)11(2,9)10/h4-6H,3H2,1-2H3/q+1. The van der Waals surface area contributed by atoms with Crippen LogP contribution < -0.4 is 4.57 Å². The molecule has 62 valence electrons.